The van der Waals surface area contributed by atoms with Crippen LogP contribution in [0.15, 0.2) is 0 Å². The minimum atomic E-state index is -0.176. The summed E-state index contributed by atoms with van der Waals surface area (Å²) in [4.78, 5) is 37.2. The molecule has 1 heterocycles. The molecule has 6 heteroatoms. The zero-order valence-corrected chi connectivity index (χ0v) is 10.5. The monoisotopic (exact) mass is 241 g/mol. The molecular formula is C11H19N3O3. The van der Waals surface area contributed by atoms with E-state index in [1.54, 1.807) is 0 Å². The lowest BCUT2D eigenvalue weighted by molar-refractivity contribution is -0.146. The Morgan fingerprint density at radius 1 is 1.35 bits per heavy atom. The van der Waals surface area contributed by atoms with Crippen molar-refractivity contribution >= 4 is 17.7 Å². The van der Waals surface area contributed by atoms with Crippen LogP contribution in [-0.2, 0) is 14.4 Å². The Morgan fingerprint density at radius 2 is 2.00 bits per heavy atom. The molecule has 0 aliphatic carbocycles. The minimum Gasteiger partial charge on any atom is -0.352 e. The Bertz CT molecular complexity index is 328. The number of nitrogens with one attached hydrogen (secondary N) is 1. The van der Waals surface area contributed by atoms with E-state index in [0.717, 1.165) is 0 Å². The average Bonchev–Trinajstić information content (AvgIpc) is 2.19. The van der Waals surface area contributed by atoms with E-state index >= 15 is 0 Å². The fraction of sp³-hybridized carbons (Fsp3) is 0.727. The molecule has 0 bridgehead atoms. The highest BCUT2D eigenvalue weighted by molar-refractivity contribution is 5.88. The van der Waals surface area contributed by atoms with Crippen molar-refractivity contribution < 1.29 is 14.4 Å². The van der Waals surface area contributed by atoms with Crippen LogP contribution in [0.3, 0.4) is 0 Å². The van der Waals surface area contributed by atoms with Crippen LogP contribution in [0, 0.1) is 0 Å². The Balaban J connectivity index is 2.45. The topological polar surface area (TPSA) is 69.7 Å². The highest BCUT2D eigenvalue weighted by Crippen LogP contribution is 2.03. The summed E-state index contributed by atoms with van der Waals surface area (Å²) in [6, 6.07) is 0.0658. The zero-order chi connectivity index (χ0) is 13.0. The van der Waals surface area contributed by atoms with Crippen molar-refractivity contribution in [1.82, 2.24) is 15.1 Å². The van der Waals surface area contributed by atoms with Crippen LogP contribution >= 0.6 is 0 Å². The average molecular weight is 241 g/mol. The maximum atomic E-state index is 11.7. The summed E-state index contributed by atoms with van der Waals surface area (Å²) >= 11 is 0. The van der Waals surface area contributed by atoms with Crippen LogP contribution in [0.4, 0.5) is 0 Å². The van der Waals surface area contributed by atoms with Crippen LogP contribution in [0.2, 0.25) is 0 Å². The summed E-state index contributed by atoms with van der Waals surface area (Å²) in [7, 11) is 0. The molecule has 0 aromatic carbocycles. The SMILES string of the molecule is CC(=O)N1CCN(CC(=O)NC(C)C)C(=O)C1. The van der Waals surface area contributed by atoms with Crippen molar-refractivity contribution in [3.8, 4) is 0 Å². The predicted molar refractivity (Wildman–Crippen MR) is 62.1 cm³/mol. The van der Waals surface area contributed by atoms with Gasteiger partial charge in [0.25, 0.3) is 0 Å². The van der Waals surface area contributed by atoms with E-state index in [9.17, 15) is 14.4 Å². The molecule has 1 aliphatic rings. The van der Waals surface area contributed by atoms with Gasteiger partial charge in [-0.3, -0.25) is 14.4 Å². The third-order valence-electron chi connectivity index (χ3n) is 2.55. The second-order valence-corrected chi connectivity index (χ2v) is 4.48. The highest BCUT2D eigenvalue weighted by atomic mass is 16.2. The molecule has 1 saturated heterocycles. The fourth-order valence-electron chi connectivity index (χ4n) is 1.69. The number of piperazine rings is 1. The first-order valence-corrected chi connectivity index (χ1v) is 5.72. The Morgan fingerprint density at radius 3 is 2.47 bits per heavy atom. The van der Waals surface area contributed by atoms with Gasteiger partial charge in [0, 0.05) is 26.1 Å². The third-order valence-corrected chi connectivity index (χ3v) is 2.55. The molecule has 0 unspecified atom stereocenters. The van der Waals surface area contributed by atoms with E-state index < -0.39 is 0 Å². The van der Waals surface area contributed by atoms with Gasteiger partial charge in [0.05, 0.1) is 13.1 Å². The molecule has 1 N–H and O–H groups in total. The molecule has 0 saturated carbocycles. The molecule has 17 heavy (non-hydrogen) atoms. The first kappa shape index (κ1) is 13.5. The lowest BCUT2D eigenvalue weighted by Crippen LogP contribution is -2.54. The number of rotatable bonds is 3. The van der Waals surface area contributed by atoms with Gasteiger partial charge < -0.3 is 15.1 Å². The zero-order valence-electron chi connectivity index (χ0n) is 10.5. The van der Waals surface area contributed by atoms with Gasteiger partial charge >= 0.3 is 0 Å². The first-order valence-electron chi connectivity index (χ1n) is 5.72. The number of hydrogen-bond acceptors (Lipinski definition) is 3. The molecule has 1 aliphatic heterocycles. The van der Waals surface area contributed by atoms with Crippen molar-refractivity contribution in [3.63, 3.8) is 0 Å². The van der Waals surface area contributed by atoms with E-state index in [0.29, 0.717) is 13.1 Å². The summed E-state index contributed by atoms with van der Waals surface area (Å²) in [6.07, 6.45) is 0. The molecule has 0 radical (unpaired) electrons. The Hall–Kier alpha value is -1.59. The summed E-state index contributed by atoms with van der Waals surface area (Å²) in [5.41, 5.74) is 0. The maximum Gasteiger partial charge on any atom is 0.242 e. The van der Waals surface area contributed by atoms with E-state index in [1.165, 1.54) is 16.7 Å². The van der Waals surface area contributed by atoms with Crippen molar-refractivity contribution in [3.05, 3.63) is 0 Å². The van der Waals surface area contributed by atoms with Gasteiger partial charge in [0.1, 0.15) is 0 Å². The number of hydrogen-bond donors (Lipinski definition) is 1. The summed E-state index contributed by atoms with van der Waals surface area (Å²) in [5.74, 6) is -0.445. The van der Waals surface area contributed by atoms with E-state index in [4.69, 9.17) is 0 Å². The Kier molecular flexibility index (Phi) is 4.48. The van der Waals surface area contributed by atoms with Crippen LogP contribution in [0.1, 0.15) is 20.8 Å². The second kappa shape index (κ2) is 5.65. The van der Waals surface area contributed by atoms with Crippen LogP contribution in [0.25, 0.3) is 0 Å². The number of carbonyl (C=O) groups excluding carboxylic acids is 3. The van der Waals surface area contributed by atoms with Crippen LogP contribution in [0.5, 0.6) is 0 Å². The highest BCUT2D eigenvalue weighted by Gasteiger charge is 2.26. The smallest absolute Gasteiger partial charge is 0.242 e. The molecule has 96 valence electrons. The molecule has 0 atom stereocenters. The van der Waals surface area contributed by atoms with Crippen molar-refractivity contribution in [1.29, 1.82) is 0 Å². The van der Waals surface area contributed by atoms with Crippen LogP contribution in [-0.4, -0.2) is 59.7 Å². The standard InChI is InChI=1S/C11H19N3O3/c1-8(2)12-10(16)6-14-5-4-13(9(3)15)7-11(14)17/h8H,4-7H2,1-3H3,(H,12,16). The van der Waals surface area contributed by atoms with Crippen molar-refractivity contribution in [2.45, 2.75) is 26.8 Å². The number of carbonyl (C=O) groups is 3. The normalized spacial score (nSPS) is 16.4. The molecule has 0 aromatic heterocycles. The van der Waals surface area contributed by atoms with E-state index in [1.807, 2.05) is 13.8 Å². The summed E-state index contributed by atoms with van der Waals surface area (Å²) in [6.45, 7) is 6.24. The van der Waals surface area contributed by atoms with Gasteiger partial charge in [-0.25, -0.2) is 0 Å². The first-order chi connectivity index (χ1) is 7.90. The predicted octanol–water partition coefficient (Wildman–Crippen LogP) is -0.798. The van der Waals surface area contributed by atoms with Gasteiger partial charge in [0.15, 0.2) is 0 Å². The second-order valence-electron chi connectivity index (χ2n) is 4.48. The van der Waals surface area contributed by atoms with Gasteiger partial charge in [-0.15, -0.1) is 0 Å². The lowest BCUT2D eigenvalue weighted by Gasteiger charge is -2.33. The Labute approximate surface area is 101 Å². The van der Waals surface area contributed by atoms with Gasteiger partial charge in [-0.1, -0.05) is 0 Å². The summed E-state index contributed by atoms with van der Waals surface area (Å²) in [5, 5.41) is 2.73. The summed E-state index contributed by atoms with van der Waals surface area (Å²) < 4.78 is 0. The fourth-order valence-corrected chi connectivity index (χ4v) is 1.69. The van der Waals surface area contributed by atoms with Gasteiger partial charge in [-0.05, 0) is 13.8 Å². The number of nitrogens with zero attached hydrogens (tertiary/aromatic N) is 2. The quantitative estimate of drug-likeness (QED) is 0.703. The molecule has 1 rings (SSSR count). The van der Waals surface area contributed by atoms with Crippen molar-refractivity contribution in [2.24, 2.45) is 0 Å². The molecule has 6 nitrogen and oxygen atoms in total. The molecule has 0 spiro atoms. The largest absolute Gasteiger partial charge is 0.352 e. The molecule has 3 amide bonds. The van der Waals surface area contributed by atoms with Crippen molar-refractivity contribution in [2.75, 3.05) is 26.2 Å². The van der Waals surface area contributed by atoms with Crippen LogP contribution < -0.4 is 5.32 Å². The maximum absolute atomic E-state index is 11.7. The van der Waals surface area contributed by atoms with E-state index in [-0.39, 0.29) is 36.9 Å². The third kappa shape index (κ3) is 4.05. The molecular weight excluding hydrogens is 222 g/mol. The van der Waals surface area contributed by atoms with Gasteiger partial charge in [-0.2, -0.15) is 0 Å². The minimum absolute atomic E-state index is 0.0658. The molecule has 0 aromatic rings. The lowest BCUT2D eigenvalue weighted by atomic mass is 10.3. The van der Waals surface area contributed by atoms with E-state index in [2.05, 4.69) is 5.32 Å². The molecule has 1 fully saturated rings. The number of amides is 3. The van der Waals surface area contributed by atoms with Gasteiger partial charge in [0.2, 0.25) is 17.7 Å².